The summed E-state index contributed by atoms with van der Waals surface area (Å²) in [5.41, 5.74) is 22.4. The first kappa shape index (κ1) is 80.8. The highest BCUT2D eigenvalue weighted by atomic mass is 32.1. The summed E-state index contributed by atoms with van der Waals surface area (Å²) in [6.07, 6.45) is 65.9. The van der Waals surface area contributed by atoms with Crippen molar-refractivity contribution in [2.75, 3.05) is 0 Å². The van der Waals surface area contributed by atoms with Crippen LogP contribution in [0.1, 0.15) is 360 Å². The standard InChI is InChI=1S/C98H128O2S4/c1-9-17-25-35-47-73-59-74(48-36-26-18-10-2)64-81(63-73)97(82-65-75(49-37-27-19-11-3)60-76(66-82)50-38-28-20-12-4)87-71-85(55-43-33-45-57-99)101-91(87)93-89(97)95-96(103-93)90-94(104-95)92-88(72-86(102-92)56-44-34-46-58-100)98(90,83-67-77(51-39-29-21-13-5)61-78(68-83)52-40-30-22-14-6)84-69-79(53-41-31-23-15-7)62-80(70-84)54-42-32-24-16-8/h33-34,43-46,55-72H,9-32,35-42,47-54H2,1-8H3/b45-33+,46-34+,55-43+,56-44+. The fraction of sp³-hybridized carbons (Fsp3) is 0.510. The molecule has 8 aromatic rings. The minimum Gasteiger partial charge on any atom is -0.299 e. The summed E-state index contributed by atoms with van der Waals surface area (Å²) in [7, 11) is 0. The second-order valence-corrected chi connectivity index (χ2v) is 35.2. The molecule has 0 unspecified atom stereocenters. The second-order valence-electron chi connectivity index (χ2n) is 31.0. The Bertz CT molecular complexity index is 3590. The van der Waals surface area contributed by atoms with E-state index in [1.807, 2.05) is 34.8 Å². The zero-order valence-corrected chi connectivity index (χ0v) is 68.9. The molecule has 0 fully saturated rings. The molecule has 4 aromatic heterocycles. The zero-order valence-electron chi connectivity index (χ0n) is 65.6. The van der Waals surface area contributed by atoms with Crippen LogP contribution in [0.5, 0.6) is 0 Å². The number of hydrogen-bond donors (Lipinski definition) is 0. The first-order valence-corrected chi connectivity index (χ1v) is 45.4. The summed E-state index contributed by atoms with van der Waals surface area (Å²) in [4.78, 5) is 31.9. The van der Waals surface area contributed by atoms with Gasteiger partial charge in [-0.1, -0.05) is 307 Å². The molecular weight excluding hydrogens is 1340 g/mol. The lowest BCUT2D eigenvalue weighted by Gasteiger charge is -2.35. The Morgan fingerprint density at radius 1 is 0.250 bits per heavy atom. The van der Waals surface area contributed by atoms with Crippen molar-refractivity contribution < 1.29 is 9.59 Å². The Balaban J connectivity index is 1.39. The van der Waals surface area contributed by atoms with Gasteiger partial charge >= 0.3 is 0 Å². The fourth-order valence-corrected chi connectivity index (χ4v) is 22.9. The van der Waals surface area contributed by atoms with Crippen LogP contribution in [-0.4, -0.2) is 12.6 Å². The monoisotopic (exact) mass is 1460 g/mol. The minimum atomic E-state index is -0.633. The summed E-state index contributed by atoms with van der Waals surface area (Å²) in [6, 6.07) is 37.7. The molecule has 2 aliphatic carbocycles. The first-order valence-electron chi connectivity index (χ1n) is 42.2. The average Bonchev–Trinajstić information content (AvgIpc) is 1.46. The molecule has 4 heterocycles. The van der Waals surface area contributed by atoms with Crippen molar-refractivity contribution in [3.8, 4) is 19.5 Å². The van der Waals surface area contributed by atoms with Gasteiger partial charge in [0.05, 0.1) is 39.7 Å². The number of carbonyl (C=O) groups is 2. The molecule has 104 heavy (non-hydrogen) atoms. The molecular formula is C98H128O2S4. The summed E-state index contributed by atoms with van der Waals surface area (Å²) >= 11 is 8.24. The maximum atomic E-state index is 11.9. The molecule has 0 atom stereocenters. The highest BCUT2D eigenvalue weighted by Gasteiger charge is 2.55. The van der Waals surface area contributed by atoms with Gasteiger partial charge in [0.1, 0.15) is 12.6 Å². The van der Waals surface area contributed by atoms with E-state index < -0.39 is 10.8 Å². The number of fused-ring (bicyclic) bond motifs is 9. The van der Waals surface area contributed by atoms with Gasteiger partial charge in [-0.25, -0.2) is 0 Å². The molecule has 556 valence electrons. The number of aldehydes is 2. The van der Waals surface area contributed by atoms with Crippen molar-refractivity contribution in [1.29, 1.82) is 0 Å². The van der Waals surface area contributed by atoms with Crippen LogP contribution in [0, 0.1) is 0 Å². The highest BCUT2D eigenvalue weighted by Crippen LogP contribution is 2.70. The lowest BCUT2D eigenvalue weighted by molar-refractivity contribution is -0.104. The van der Waals surface area contributed by atoms with Crippen molar-refractivity contribution in [1.82, 2.24) is 0 Å². The van der Waals surface area contributed by atoms with Crippen LogP contribution in [0.4, 0.5) is 0 Å². The maximum absolute atomic E-state index is 11.9. The number of unbranched alkanes of at least 4 members (excludes halogenated alkanes) is 24. The number of aryl methyl sites for hydroxylation is 8. The normalized spacial score (nSPS) is 13.7. The molecule has 2 aliphatic rings. The molecule has 4 aromatic carbocycles. The fourth-order valence-electron chi connectivity index (χ4n) is 17.3. The Hall–Kier alpha value is -5.76. The van der Waals surface area contributed by atoms with Crippen LogP contribution in [0.2, 0.25) is 0 Å². The number of benzene rings is 4. The second kappa shape index (κ2) is 42.1. The van der Waals surface area contributed by atoms with E-state index in [-0.39, 0.29) is 0 Å². The van der Waals surface area contributed by atoms with Crippen molar-refractivity contribution in [2.45, 2.75) is 323 Å². The molecule has 0 radical (unpaired) electrons. The summed E-state index contributed by atoms with van der Waals surface area (Å²) in [5, 5.41) is 0. The molecule has 10 rings (SSSR count). The Morgan fingerprint density at radius 2 is 0.481 bits per heavy atom. The van der Waals surface area contributed by atoms with Crippen molar-refractivity contribution in [3.05, 3.63) is 220 Å². The van der Waals surface area contributed by atoms with Crippen LogP contribution in [0.25, 0.3) is 41.1 Å². The molecule has 6 heteroatoms. The van der Waals surface area contributed by atoms with Gasteiger partial charge in [0.2, 0.25) is 0 Å². The van der Waals surface area contributed by atoms with Crippen molar-refractivity contribution in [3.63, 3.8) is 0 Å². The van der Waals surface area contributed by atoms with E-state index in [1.165, 1.54) is 333 Å². The van der Waals surface area contributed by atoms with E-state index >= 15 is 0 Å². The van der Waals surface area contributed by atoms with Gasteiger partial charge in [-0.15, -0.1) is 45.3 Å². The number of carbonyl (C=O) groups excluding carboxylic acids is 2. The van der Waals surface area contributed by atoms with Crippen molar-refractivity contribution >= 4 is 79.5 Å². The van der Waals surface area contributed by atoms with Gasteiger partial charge < -0.3 is 0 Å². The van der Waals surface area contributed by atoms with Gasteiger partial charge in [-0.3, -0.25) is 9.59 Å². The largest absolute Gasteiger partial charge is 0.299 e. The molecule has 0 bridgehead atoms. The molecule has 0 aliphatic heterocycles. The minimum absolute atomic E-state index is 0.633. The van der Waals surface area contributed by atoms with Crippen LogP contribution in [-0.2, 0) is 71.8 Å². The van der Waals surface area contributed by atoms with Gasteiger partial charge in [0.15, 0.2) is 0 Å². The lowest BCUT2D eigenvalue weighted by atomic mass is 9.65. The molecule has 0 spiro atoms. The summed E-state index contributed by atoms with van der Waals surface area (Å²) < 4.78 is 2.95. The van der Waals surface area contributed by atoms with Crippen LogP contribution < -0.4 is 0 Å². The third-order valence-corrected chi connectivity index (χ3v) is 27.7. The lowest BCUT2D eigenvalue weighted by Crippen LogP contribution is -2.30. The van der Waals surface area contributed by atoms with Gasteiger partial charge in [0.25, 0.3) is 0 Å². The van der Waals surface area contributed by atoms with Gasteiger partial charge in [0, 0.05) is 20.9 Å². The third kappa shape index (κ3) is 19.7. The van der Waals surface area contributed by atoms with E-state index in [0.29, 0.717) is 0 Å². The smallest absolute Gasteiger partial charge is 0.142 e. The Kier molecular flexibility index (Phi) is 32.7. The zero-order chi connectivity index (χ0) is 72.9. The number of rotatable bonds is 50. The van der Waals surface area contributed by atoms with E-state index in [9.17, 15) is 9.59 Å². The predicted octanol–water partition coefficient (Wildman–Crippen LogP) is 30.3. The SMILES string of the molecule is CCCCCCc1cc(CCCCCC)cc(C2(c3cc(CCCCCC)cc(CCCCCC)c3)c3cc(/C=C/C=C/C=O)sc3-c3sc4c5c(sc4c32)-c2sc(/C=C/C=C/C=O)cc2C5(c2cc(CCCCCC)cc(CCCCCC)c2)c2cc(CCCCCC)cc(CCCCCC)c2)c1. The van der Waals surface area contributed by atoms with Crippen LogP contribution in [0.15, 0.2) is 121 Å². The van der Waals surface area contributed by atoms with Crippen molar-refractivity contribution in [2.24, 2.45) is 0 Å². The topological polar surface area (TPSA) is 34.1 Å². The summed E-state index contributed by atoms with van der Waals surface area (Å²) in [6.45, 7) is 18.8. The molecule has 0 amide bonds. The molecule has 0 saturated heterocycles. The van der Waals surface area contributed by atoms with Gasteiger partial charge in [-0.2, -0.15) is 0 Å². The van der Waals surface area contributed by atoms with E-state index in [0.717, 1.165) is 63.9 Å². The molecule has 0 N–H and O–H groups in total. The number of thiophene rings is 4. The molecule has 0 saturated carbocycles. The highest BCUT2D eigenvalue weighted by molar-refractivity contribution is 7.34. The third-order valence-electron chi connectivity index (χ3n) is 22.6. The maximum Gasteiger partial charge on any atom is 0.142 e. The Morgan fingerprint density at radius 3 is 0.692 bits per heavy atom. The Labute approximate surface area is 646 Å². The number of allylic oxidation sites excluding steroid dienone is 6. The quantitative estimate of drug-likeness (QED) is 0.0165. The van der Waals surface area contributed by atoms with Crippen LogP contribution >= 0.6 is 45.3 Å². The van der Waals surface area contributed by atoms with Crippen LogP contribution in [0.3, 0.4) is 0 Å². The summed E-state index contributed by atoms with van der Waals surface area (Å²) in [5.74, 6) is 0. The average molecular weight is 1470 g/mol. The predicted molar refractivity (Wildman–Crippen MR) is 461 cm³/mol. The number of hydrogen-bond acceptors (Lipinski definition) is 6. The van der Waals surface area contributed by atoms with E-state index in [2.05, 4.69) is 187 Å². The first-order chi connectivity index (χ1) is 51.2. The molecule has 2 nitrogen and oxygen atoms in total. The van der Waals surface area contributed by atoms with E-state index in [4.69, 9.17) is 0 Å². The van der Waals surface area contributed by atoms with E-state index in [1.54, 1.807) is 12.2 Å². The van der Waals surface area contributed by atoms with Gasteiger partial charge in [-0.05, 0) is 217 Å².